The van der Waals surface area contributed by atoms with E-state index in [0.29, 0.717) is 22.1 Å². The largest absolute Gasteiger partial charge is 0.492 e. The first-order valence-corrected chi connectivity index (χ1v) is 8.74. The third kappa shape index (κ3) is 4.37. The van der Waals surface area contributed by atoms with Gasteiger partial charge in [0.15, 0.2) is 6.61 Å². The SMILES string of the molecule is O=C(COC(=O)[C@@H]1COc2ccc(Cl)cc2C1)NC(=O)c1cccs1. The minimum Gasteiger partial charge on any atom is -0.492 e. The van der Waals surface area contributed by atoms with E-state index >= 15 is 0 Å². The number of carbonyl (C=O) groups excluding carboxylic acids is 3. The Hall–Kier alpha value is -2.38. The van der Waals surface area contributed by atoms with Gasteiger partial charge in [-0.1, -0.05) is 17.7 Å². The van der Waals surface area contributed by atoms with Crippen LogP contribution in [0.5, 0.6) is 5.75 Å². The molecule has 2 heterocycles. The summed E-state index contributed by atoms with van der Waals surface area (Å²) in [6.45, 7) is -0.349. The second-order valence-electron chi connectivity index (χ2n) is 5.43. The lowest BCUT2D eigenvalue weighted by molar-refractivity contribution is -0.153. The first-order chi connectivity index (χ1) is 12.0. The molecule has 2 aromatic rings. The lowest BCUT2D eigenvalue weighted by Crippen LogP contribution is -2.36. The molecule has 8 heteroatoms. The number of rotatable bonds is 4. The lowest BCUT2D eigenvalue weighted by atomic mass is 9.97. The number of hydrogen-bond donors (Lipinski definition) is 1. The quantitative estimate of drug-likeness (QED) is 0.825. The maximum absolute atomic E-state index is 12.1. The molecule has 1 aliphatic rings. The van der Waals surface area contributed by atoms with E-state index < -0.39 is 30.3 Å². The number of esters is 1. The van der Waals surface area contributed by atoms with Crippen LogP contribution in [0.1, 0.15) is 15.2 Å². The molecule has 25 heavy (non-hydrogen) atoms. The Morgan fingerprint density at radius 3 is 2.92 bits per heavy atom. The van der Waals surface area contributed by atoms with Crippen molar-refractivity contribution in [1.29, 1.82) is 0 Å². The van der Waals surface area contributed by atoms with Crippen LogP contribution in [0.25, 0.3) is 0 Å². The van der Waals surface area contributed by atoms with Gasteiger partial charge in [0.25, 0.3) is 11.8 Å². The van der Waals surface area contributed by atoms with E-state index in [2.05, 4.69) is 5.32 Å². The van der Waals surface area contributed by atoms with E-state index in [1.807, 2.05) is 0 Å². The molecule has 3 rings (SSSR count). The molecule has 0 bridgehead atoms. The number of carbonyl (C=O) groups is 3. The molecule has 130 valence electrons. The molecule has 2 amide bonds. The van der Waals surface area contributed by atoms with E-state index in [9.17, 15) is 14.4 Å². The summed E-state index contributed by atoms with van der Waals surface area (Å²) in [4.78, 5) is 36.0. The Balaban J connectivity index is 1.49. The van der Waals surface area contributed by atoms with Crippen LogP contribution in [0, 0.1) is 5.92 Å². The number of benzene rings is 1. The Morgan fingerprint density at radius 2 is 2.16 bits per heavy atom. The van der Waals surface area contributed by atoms with Crippen LogP contribution < -0.4 is 10.1 Å². The number of amides is 2. The van der Waals surface area contributed by atoms with Crippen molar-refractivity contribution < 1.29 is 23.9 Å². The van der Waals surface area contributed by atoms with Crippen LogP contribution in [0.3, 0.4) is 0 Å². The summed E-state index contributed by atoms with van der Waals surface area (Å²) in [5.41, 5.74) is 0.818. The van der Waals surface area contributed by atoms with Gasteiger partial charge in [-0.3, -0.25) is 19.7 Å². The Labute approximate surface area is 152 Å². The zero-order valence-corrected chi connectivity index (χ0v) is 14.6. The molecular weight excluding hydrogens is 366 g/mol. The van der Waals surface area contributed by atoms with Crippen molar-refractivity contribution in [3.05, 3.63) is 51.2 Å². The predicted molar refractivity (Wildman–Crippen MR) is 91.9 cm³/mol. The molecule has 0 radical (unpaired) electrons. The minimum atomic E-state index is -0.674. The third-order valence-electron chi connectivity index (χ3n) is 3.61. The molecule has 0 spiro atoms. The Morgan fingerprint density at radius 1 is 1.32 bits per heavy atom. The number of thiophene rings is 1. The average Bonchev–Trinajstić information content (AvgIpc) is 3.13. The lowest BCUT2D eigenvalue weighted by Gasteiger charge is -2.24. The van der Waals surface area contributed by atoms with Gasteiger partial charge in [-0.15, -0.1) is 11.3 Å². The van der Waals surface area contributed by atoms with Crippen molar-refractivity contribution in [1.82, 2.24) is 5.32 Å². The standard InChI is InChI=1S/C17H14ClNO5S/c18-12-3-4-13-10(7-12)6-11(8-23-13)17(22)24-9-15(20)19-16(21)14-2-1-5-25-14/h1-5,7,11H,6,8-9H2,(H,19,20,21)/t11-/m0/s1. The number of imide groups is 1. The van der Waals surface area contributed by atoms with Crippen molar-refractivity contribution in [2.75, 3.05) is 13.2 Å². The van der Waals surface area contributed by atoms with Crippen LogP contribution in [-0.4, -0.2) is 31.0 Å². The molecule has 0 aliphatic carbocycles. The molecular formula is C17H14ClNO5S. The molecule has 6 nitrogen and oxygen atoms in total. The predicted octanol–water partition coefficient (Wildman–Crippen LogP) is 2.45. The summed E-state index contributed by atoms with van der Waals surface area (Å²) >= 11 is 7.16. The number of nitrogens with one attached hydrogen (secondary N) is 1. The van der Waals surface area contributed by atoms with Gasteiger partial charge < -0.3 is 9.47 Å². The maximum Gasteiger partial charge on any atom is 0.313 e. The second-order valence-corrected chi connectivity index (χ2v) is 6.81. The summed E-state index contributed by atoms with van der Waals surface area (Å²) in [5.74, 6) is -1.57. The van der Waals surface area contributed by atoms with E-state index in [4.69, 9.17) is 21.1 Å². The zero-order valence-electron chi connectivity index (χ0n) is 13.0. The molecule has 1 aliphatic heterocycles. The van der Waals surface area contributed by atoms with Crippen molar-refractivity contribution in [3.63, 3.8) is 0 Å². The van der Waals surface area contributed by atoms with Crippen molar-refractivity contribution >= 4 is 40.7 Å². The zero-order chi connectivity index (χ0) is 17.8. The van der Waals surface area contributed by atoms with E-state index in [1.165, 1.54) is 11.3 Å². The summed E-state index contributed by atoms with van der Waals surface area (Å²) in [5, 5.41) is 4.46. The number of fused-ring (bicyclic) bond motifs is 1. The summed E-state index contributed by atoms with van der Waals surface area (Å²) in [6, 6.07) is 8.51. The van der Waals surface area contributed by atoms with E-state index in [1.54, 1.807) is 35.7 Å². The highest BCUT2D eigenvalue weighted by atomic mass is 35.5. The molecule has 0 saturated carbocycles. The highest BCUT2D eigenvalue weighted by Crippen LogP contribution is 2.30. The fourth-order valence-corrected chi connectivity index (χ4v) is 3.21. The summed E-state index contributed by atoms with van der Waals surface area (Å²) in [7, 11) is 0. The van der Waals surface area contributed by atoms with Crippen LogP contribution >= 0.6 is 22.9 Å². The fourth-order valence-electron chi connectivity index (χ4n) is 2.40. The van der Waals surface area contributed by atoms with Gasteiger partial charge in [0.05, 0.1) is 10.8 Å². The second kappa shape index (κ2) is 7.67. The molecule has 0 saturated heterocycles. The van der Waals surface area contributed by atoms with Crippen LogP contribution in [0.15, 0.2) is 35.7 Å². The summed E-state index contributed by atoms with van der Waals surface area (Å²) < 4.78 is 10.5. The van der Waals surface area contributed by atoms with Crippen molar-refractivity contribution in [2.45, 2.75) is 6.42 Å². The third-order valence-corrected chi connectivity index (χ3v) is 4.71. The smallest absolute Gasteiger partial charge is 0.313 e. The van der Waals surface area contributed by atoms with Gasteiger partial charge in [-0.25, -0.2) is 0 Å². The van der Waals surface area contributed by atoms with Gasteiger partial charge in [-0.05, 0) is 41.6 Å². The van der Waals surface area contributed by atoms with E-state index in [0.717, 1.165) is 5.56 Å². The van der Waals surface area contributed by atoms with Crippen LogP contribution in [-0.2, 0) is 20.7 Å². The first kappa shape index (κ1) is 17.4. The highest BCUT2D eigenvalue weighted by Gasteiger charge is 2.28. The van der Waals surface area contributed by atoms with Gasteiger partial charge in [0.2, 0.25) is 0 Å². The van der Waals surface area contributed by atoms with Gasteiger partial charge in [0, 0.05) is 5.02 Å². The van der Waals surface area contributed by atoms with Gasteiger partial charge in [-0.2, -0.15) is 0 Å². The van der Waals surface area contributed by atoms with Gasteiger partial charge in [0.1, 0.15) is 12.4 Å². The number of halogens is 1. The molecule has 1 atom stereocenters. The fraction of sp³-hybridized carbons (Fsp3) is 0.235. The maximum atomic E-state index is 12.1. The monoisotopic (exact) mass is 379 g/mol. The minimum absolute atomic E-state index is 0.170. The molecule has 0 fully saturated rings. The number of ether oxygens (including phenoxy) is 2. The number of hydrogen-bond acceptors (Lipinski definition) is 6. The van der Waals surface area contributed by atoms with Crippen LogP contribution in [0.4, 0.5) is 0 Å². The van der Waals surface area contributed by atoms with Crippen molar-refractivity contribution in [3.8, 4) is 5.75 Å². The first-order valence-electron chi connectivity index (χ1n) is 7.48. The average molecular weight is 380 g/mol. The van der Waals surface area contributed by atoms with Crippen molar-refractivity contribution in [2.24, 2.45) is 5.92 Å². The summed E-state index contributed by atoms with van der Waals surface area (Å²) in [6.07, 6.45) is 0.421. The Kier molecular flexibility index (Phi) is 5.35. The van der Waals surface area contributed by atoms with E-state index in [-0.39, 0.29) is 6.61 Å². The Bertz CT molecular complexity index is 805. The normalized spacial score (nSPS) is 15.6. The highest BCUT2D eigenvalue weighted by molar-refractivity contribution is 7.12. The molecule has 0 unspecified atom stereocenters. The van der Waals surface area contributed by atoms with Crippen LogP contribution in [0.2, 0.25) is 5.02 Å². The molecule has 1 N–H and O–H groups in total. The van der Waals surface area contributed by atoms with Gasteiger partial charge >= 0.3 is 5.97 Å². The topological polar surface area (TPSA) is 81.7 Å². The molecule has 1 aromatic heterocycles. The molecule has 1 aromatic carbocycles.